The number of nitrogens with one attached hydrogen (secondary N) is 1. The first-order chi connectivity index (χ1) is 18.1. The Bertz CT molecular complexity index is 1250. The van der Waals surface area contributed by atoms with Crippen LogP contribution in [0.4, 0.5) is 0 Å². The molecule has 37 heavy (non-hydrogen) atoms. The second kappa shape index (κ2) is 13.0. The molecular weight excluding hydrogens is 458 g/mol. The van der Waals surface area contributed by atoms with E-state index in [4.69, 9.17) is 0 Å². The minimum absolute atomic E-state index is 0.193. The molecule has 0 bridgehead atoms. The number of benzene rings is 4. The lowest BCUT2D eigenvalue weighted by Gasteiger charge is -2.22. The van der Waals surface area contributed by atoms with E-state index in [0.717, 1.165) is 64.8 Å². The molecule has 0 spiro atoms. The Balaban J connectivity index is 1.59. The zero-order valence-electron chi connectivity index (χ0n) is 21.7. The predicted octanol–water partition coefficient (Wildman–Crippen LogP) is 7.32. The second-order valence-electron chi connectivity index (χ2n) is 9.98. The lowest BCUT2D eigenvalue weighted by molar-refractivity contribution is -0.142. The molecule has 4 aromatic carbocycles. The average molecular weight is 496 g/mol. The number of amides is 1. The lowest BCUT2D eigenvalue weighted by Crippen LogP contribution is -2.44. The highest BCUT2D eigenvalue weighted by Gasteiger charge is 2.26. The molecule has 4 nitrogen and oxygen atoms in total. The van der Waals surface area contributed by atoms with Crippen LogP contribution in [-0.2, 0) is 22.4 Å². The summed E-state index contributed by atoms with van der Waals surface area (Å²) < 4.78 is 0. The summed E-state index contributed by atoms with van der Waals surface area (Å²) in [5.41, 5.74) is 2.20. The SMILES string of the molecule is CCCCCCCC(NC(=O)C(Cc1cccc2ccccc12)Cc1cccc2ccccc12)C(=O)O. The van der Waals surface area contributed by atoms with Gasteiger partial charge in [-0.05, 0) is 51.9 Å². The molecule has 1 unspecified atom stereocenters. The van der Waals surface area contributed by atoms with Crippen LogP contribution in [0.1, 0.15) is 56.6 Å². The summed E-state index contributed by atoms with van der Waals surface area (Å²) in [6.45, 7) is 2.16. The van der Waals surface area contributed by atoms with E-state index in [0.29, 0.717) is 19.3 Å². The van der Waals surface area contributed by atoms with Crippen molar-refractivity contribution in [1.82, 2.24) is 5.32 Å². The van der Waals surface area contributed by atoms with Gasteiger partial charge in [-0.3, -0.25) is 4.79 Å². The third kappa shape index (κ3) is 6.97. The van der Waals surface area contributed by atoms with Crippen LogP contribution in [0.3, 0.4) is 0 Å². The molecule has 0 aliphatic rings. The lowest BCUT2D eigenvalue weighted by atomic mass is 9.87. The number of hydrogen-bond donors (Lipinski definition) is 2. The minimum Gasteiger partial charge on any atom is -0.480 e. The van der Waals surface area contributed by atoms with Gasteiger partial charge in [0.25, 0.3) is 0 Å². The van der Waals surface area contributed by atoms with Gasteiger partial charge >= 0.3 is 5.97 Å². The largest absolute Gasteiger partial charge is 0.480 e. The van der Waals surface area contributed by atoms with Crippen molar-refractivity contribution in [3.63, 3.8) is 0 Å². The first kappa shape index (κ1) is 26.4. The van der Waals surface area contributed by atoms with Crippen molar-refractivity contribution in [2.75, 3.05) is 0 Å². The minimum atomic E-state index is -0.960. The van der Waals surface area contributed by atoms with Crippen molar-refractivity contribution in [3.05, 3.63) is 96.1 Å². The van der Waals surface area contributed by atoms with Crippen LogP contribution in [0.15, 0.2) is 84.9 Å². The van der Waals surface area contributed by atoms with Crippen LogP contribution in [0.25, 0.3) is 21.5 Å². The molecule has 1 amide bonds. The van der Waals surface area contributed by atoms with Gasteiger partial charge in [0.15, 0.2) is 0 Å². The molecule has 192 valence electrons. The summed E-state index contributed by atoms with van der Waals surface area (Å²) in [5, 5.41) is 17.3. The van der Waals surface area contributed by atoms with Crippen LogP contribution in [0, 0.1) is 5.92 Å². The number of hydrogen-bond acceptors (Lipinski definition) is 2. The third-order valence-corrected chi connectivity index (χ3v) is 7.27. The summed E-state index contributed by atoms with van der Waals surface area (Å²) in [6.07, 6.45) is 6.73. The van der Waals surface area contributed by atoms with E-state index in [9.17, 15) is 14.7 Å². The molecule has 0 radical (unpaired) electrons. The molecule has 0 heterocycles. The first-order valence-corrected chi connectivity index (χ1v) is 13.5. The summed E-state index contributed by atoms with van der Waals surface area (Å²) in [4.78, 5) is 25.7. The van der Waals surface area contributed by atoms with E-state index in [2.05, 4.69) is 60.8 Å². The maximum Gasteiger partial charge on any atom is 0.326 e. The van der Waals surface area contributed by atoms with Crippen LogP contribution in [0.5, 0.6) is 0 Å². The van der Waals surface area contributed by atoms with Crippen molar-refractivity contribution >= 4 is 33.4 Å². The molecule has 0 aromatic heterocycles. The average Bonchev–Trinajstić information content (AvgIpc) is 2.92. The number of fused-ring (bicyclic) bond motifs is 2. The number of carboxylic acid groups (broad SMARTS) is 1. The maximum atomic E-state index is 13.7. The van der Waals surface area contributed by atoms with Crippen LogP contribution < -0.4 is 5.32 Å². The number of carbonyl (C=O) groups excluding carboxylic acids is 1. The number of unbranched alkanes of at least 4 members (excludes halogenated alkanes) is 4. The molecular formula is C33H37NO3. The van der Waals surface area contributed by atoms with Gasteiger partial charge in [-0.2, -0.15) is 0 Å². The van der Waals surface area contributed by atoms with Crippen molar-refractivity contribution in [2.24, 2.45) is 5.92 Å². The third-order valence-electron chi connectivity index (χ3n) is 7.27. The standard InChI is InChI=1S/C33H37NO3/c1-2-3-4-5-6-21-31(33(36)37)34-32(35)28(22-26-17-11-15-24-13-7-9-19-29(24)26)23-27-18-12-16-25-14-8-10-20-30(25)27/h7-20,28,31H,2-6,21-23H2,1H3,(H,34,35)(H,36,37). The van der Waals surface area contributed by atoms with E-state index >= 15 is 0 Å². The topological polar surface area (TPSA) is 66.4 Å². The molecule has 4 aromatic rings. The Kier molecular flexibility index (Phi) is 9.31. The van der Waals surface area contributed by atoms with E-state index < -0.39 is 17.9 Å². The molecule has 0 fully saturated rings. The van der Waals surface area contributed by atoms with Gasteiger partial charge < -0.3 is 10.4 Å². The highest BCUT2D eigenvalue weighted by atomic mass is 16.4. The molecule has 4 heteroatoms. The monoisotopic (exact) mass is 495 g/mol. The van der Waals surface area contributed by atoms with Crippen LogP contribution in [0.2, 0.25) is 0 Å². The van der Waals surface area contributed by atoms with Crippen molar-refractivity contribution < 1.29 is 14.7 Å². The van der Waals surface area contributed by atoms with Gasteiger partial charge in [0.1, 0.15) is 6.04 Å². The van der Waals surface area contributed by atoms with E-state index in [1.165, 1.54) is 0 Å². The van der Waals surface area contributed by atoms with Crippen molar-refractivity contribution in [1.29, 1.82) is 0 Å². The van der Waals surface area contributed by atoms with Gasteiger partial charge in [0.2, 0.25) is 5.91 Å². The first-order valence-electron chi connectivity index (χ1n) is 13.5. The molecule has 0 aliphatic heterocycles. The summed E-state index contributed by atoms with van der Waals surface area (Å²) >= 11 is 0. The van der Waals surface area contributed by atoms with Gasteiger partial charge in [-0.25, -0.2) is 4.79 Å². The quantitative estimate of drug-likeness (QED) is 0.191. The van der Waals surface area contributed by atoms with Gasteiger partial charge in [-0.15, -0.1) is 0 Å². The second-order valence-corrected chi connectivity index (χ2v) is 9.98. The smallest absolute Gasteiger partial charge is 0.326 e. The zero-order valence-corrected chi connectivity index (χ0v) is 21.7. The molecule has 1 atom stereocenters. The molecule has 0 aliphatic carbocycles. The van der Waals surface area contributed by atoms with Crippen molar-refractivity contribution in [2.45, 2.75) is 64.3 Å². The maximum absolute atomic E-state index is 13.7. The molecule has 0 saturated heterocycles. The normalized spacial score (nSPS) is 12.2. The summed E-state index contributed by atoms with van der Waals surface area (Å²) in [6, 6.07) is 27.9. The predicted molar refractivity (Wildman–Crippen MR) is 152 cm³/mol. The van der Waals surface area contributed by atoms with Gasteiger partial charge in [-0.1, -0.05) is 124 Å². The molecule has 0 saturated carbocycles. The van der Waals surface area contributed by atoms with Crippen LogP contribution in [-0.4, -0.2) is 23.0 Å². The number of aliphatic carboxylic acids is 1. The fraction of sp³-hybridized carbons (Fsp3) is 0.333. The number of carboxylic acids is 1. The van der Waals surface area contributed by atoms with Gasteiger partial charge in [0.05, 0.1) is 0 Å². The molecule has 4 rings (SSSR count). The Morgan fingerprint density at radius 3 is 1.76 bits per heavy atom. The highest BCUT2D eigenvalue weighted by Crippen LogP contribution is 2.26. The Hall–Kier alpha value is -3.66. The Morgan fingerprint density at radius 2 is 1.22 bits per heavy atom. The summed E-state index contributed by atoms with van der Waals surface area (Å²) in [7, 11) is 0. The number of carbonyl (C=O) groups is 2. The van der Waals surface area contributed by atoms with E-state index in [1.54, 1.807) is 0 Å². The highest BCUT2D eigenvalue weighted by molar-refractivity contribution is 5.90. The number of rotatable bonds is 13. The zero-order chi connectivity index (χ0) is 26.0. The van der Waals surface area contributed by atoms with E-state index in [1.807, 2.05) is 36.4 Å². The van der Waals surface area contributed by atoms with E-state index in [-0.39, 0.29) is 5.91 Å². The van der Waals surface area contributed by atoms with Crippen molar-refractivity contribution in [3.8, 4) is 0 Å². The Labute approximate surface area is 219 Å². The fourth-order valence-electron chi connectivity index (χ4n) is 5.23. The van der Waals surface area contributed by atoms with Gasteiger partial charge in [0, 0.05) is 5.92 Å². The van der Waals surface area contributed by atoms with Crippen LogP contribution >= 0.6 is 0 Å². The summed E-state index contributed by atoms with van der Waals surface area (Å²) in [5.74, 6) is -1.54. The fourth-order valence-corrected chi connectivity index (χ4v) is 5.23. The molecule has 2 N–H and O–H groups in total. The Morgan fingerprint density at radius 1 is 0.703 bits per heavy atom.